The molecule has 0 saturated carbocycles. The molecule has 2 nitrogen and oxygen atoms in total. The second kappa shape index (κ2) is 0.641. The monoisotopic (exact) mass is 70.1 g/mol. The standard InChI is InChI=1S/C3H6N2/c1-3-4-2-5-3/h4-5H,1-2H2. The minimum atomic E-state index is 0.888. The van der Waals surface area contributed by atoms with Crippen molar-refractivity contribution in [3.63, 3.8) is 0 Å². The van der Waals surface area contributed by atoms with Gasteiger partial charge >= 0.3 is 0 Å². The van der Waals surface area contributed by atoms with Gasteiger partial charge in [-0.25, -0.2) is 0 Å². The van der Waals surface area contributed by atoms with Crippen molar-refractivity contribution in [2.75, 3.05) is 6.67 Å². The zero-order chi connectivity index (χ0) is 3.70. The minimum Gasteiger partial charge on any atom is -0.355 e. The van der Waals surface area contributed by atoms with Crippen molar-refractivity contribution >= 4 is 0 Å². The second-order valence-electron chi connectivity index (χ2n) is 1.01. The first-order valence-corrected chi connectivity index (χ1v) is 1.56. The van der Waals surface area contributed by atoms with Crippen LogP contribution in [0.25, 0.3) is 0 Å². The Morgan fingerprint density at radius 2 is 2.00 bits per heavy atom. The van der Waals surface area contributed by atoms with Gasteiger partial charge in [0.1, 0.15) is 0 Å². The molecule has 0 unspecified atom stereocenters. The fourth-order valence-electron chi connectivity index (χ4n) is 0.213. The van der Waals surface area contributed by atoms with E-state index in [4.69, 9.17) is 0 Å². The normalized spacial score (nSPS) is 18.8. The lowest BCUT2D eigenvalue weighted by atomic mass is 10.6. The van der Waals surface area contributed by atoms with Crippen LogP contribution in [0.15, 0.2) is 12.4 Å². The molecule has 0 aliphatic carbocycles. The van der Waals surface area contributed by atoms with Gasteiger partial charge in [-0.15, -0.1) is 0 Å². The molecule has 0 aromatic rings. The van der Waals surface area contributed by atoms with Crippen molar-refractivity contribution < 1.29 is 0 Å². The molecule has 1 fully saturated rings. The highest BCUT2D eigenvalue weighted by Crippen LogP contribution is 1.79. The molecule has 2 heteroatoms. The molecule has 1 heterocycles. The van der Waals surface area contributed by atoms with E-state index in [1.54, 1.807) is 0 Å². The Morgan fingerprint density at radius 3 is 2.00 bits per heavy atom. The van der Waals surface area contributed by atoms with Crippen molar-refractivity contribution in [1.29, 1.82) is 0 Å². The summed E-state index contributed by atoms with van der Waals surface area (Å²) < 4.78 is 0. The van der Waals surface area contributed by atoms with Gasteiger partial charge < -0.3 is 10.6 Å². The summed E-state index contributed by atoms with van der Waals surface area (Å²) in [6.45, 7) is 4.43. The van der Waals surface area contributed by atoms with Crippen LogP contribution < -0.4 is 10.6 Å². The Balaban J connectivity index is 2.32. The molecule has 28 valence electrons. The van der Waals surface area contributed by atoms with Crippen LogP contribution in [-0.2, 0) is 0 Å². The number of rotatable bonds is 0. The second-order valence-corrected chi connectivity index (χ2v) is 1.01. The maximum atomic E-state index is 3.54. The molecule has 0 aromatic heterocycles. The molecule has 0 aromatic carbocycles. The van der Waals surface area contributed by atoms with E-state index in [1.807, 2.05) is 0 Å². The summed E-state index contributed by atoms with van der Waals surface area (Å²) in [6, 6.07) is 0. The predicted molar refractivity (Wildman–Crippen MR) is 20.3 cm³/mol. The molecular weight excluding hydrogens is 64.0 g/mol. The van der Waals surface area contributed by atoms with E-state index in [9.17, 15) is 0 Å². The lowest BCUT2D eigenvalue weighted by molar-refractivity contribution is 0.551. The van der Waals surface area contributed by atoms with Gasteiger partial charge in [0, 0.05) is 0 Å². The molecule has 1 saturated heterocycles. The van der Waals surface area contributed by atoms with Crippen LogP contribution in [-0.4, -0.2) is 6.67 Å². The Kier molecular flexibility index (Phi) is 0.330. The topological polar surface area (TPSA) is 24.1 Å². The van der Waals surface area contributed by atoms with E-state index >= 15 is 0 Å². The first kappa shape index (κ1) is 2.57. The van der Waals surface area contributed by atoms with E-state index in [0.29, 0.717) is 0 Å². The Morgan fingerprint density at radius 1 is 1.60 bits per heavy atom. The molecule has 2 N–H and O–H groups in total. The molecule has 0 spiro atoms. The third-order valence-electron chi connectivity index (χ3n) is 0.604. The lowest BCUT2D eigenvalue weighted by Crippen LogP contribution is -2.44. The van der Waals surface area contributed by atoms with E-state index < -0.39 is 0 Å². The van der Waals surface area contributed by atoms with Crippen molar-refractivity contribution in [3.05, 3.63) is 12.4 Å². The van der Waals surface area contributed by atoms with E-state index in [2.05, 4.69) is 17.2 Å². The molecule has 1 aliphatic rings. The van der Waals surface area contributed by atoms with E-state index in [0.717, 1.165) is 12.5 Å². The summed E-state index contributed by atoms with van der Waals surface area (Å²) in [4.78, 5) is 0. The summed E-state index contributed by atoms with van der Waals surface area (Å²) in [5.41, 5.74) is 0. The van der Waals surface area contributed by atoms with E-state index in [1.165, 1.54) is 0 Å². The molecule has 0 radical (unpaired) electrons. The average Bonchev–Trinajstić information content (AvgIpc) is 1.30. The van der Waals surface area contributed by atoms with Crippen LogP contribution in [0.4, 0.5) is 0 Å². The highest BCUT2D eigenvalue weighted by atomic mass is 15.3. The molecule has 1 rings (SSSR count). The fourth-order valence-corrected chi connectivity index (χ4v) is 0.213. The number of hydrogen-bond acceptors (Lipinski definition) is 2. The van der Waals surface area contributed by atoms with Gasteiger partial charge in [0.05, 0.1) is 12.5 Å². The molecule has 5 heavy (non-hydrogen) atoms. The van der Waals surface area contributed by atoms with Crippen molar-refractivity contribution in [2.45, 2.75) is 0 Å². The summed E-state index contributed by atoms with van der Waals surface area (Å²) >= 11 is 0. The van der Waals surface area contributed by atoms with Gasteiger partial charge in [0.2, 0.25) is 0 Å². The third kappa shape index (κ3) is 0.210. The van der Waals surface area contributed by atoms with Gasteiger partial charge in [0.15, 0.2) is 0 Å². The minimum absolute atomic E-state index is 0.888. The average molecular weight is 70.1 g/mol. The van der Waals surface area contributed by atoms with Crippen LogP contribution in [0.1, 0.15) is 0 Å². The largest absolute Gasteiger partial charge is 0.355 e. The summed E-state index contributed by atoms with van der Waals surface area (Å²) in [7, 11) is 0. The van der Waals surface area contributed by atoms with Crippen molar-refractivity contribution in [3.8, 4) is 0 Å². The predicted octanol–water partition coefficient (Wildman–Crippen LogP) is -0.392. The Labute approximate surface area is 30.9 Å². The lowest BCUT2D eigenvalue weighted by Gasteiger charge is -2.20. The molecule has 0 bridgehead atoms. The Hall–Kier alpha value is -0.660. The van der Waals surface area contributed by atoms with Gasteiger partial charge in [-0.1, -0.05) is 6.58 Å². The zero-order valence-corrected chi connectivity index (χ0v) is 2.91. The summed E-state index contributed by atoms with van der Waals surface area (Å²) in [6.07, 6.45) is 0. The van der Waals surface area contributed by atoms with Gasteiger partial charge in [-0.2, -0.15) is 0 Å². The molecule has 0 amide bonds. The zero-order valence-electron chi connectivity index (χ0n) is 2.91. The fraction of sp³-hybridized carbons (Fsp3) is 0.333. The van der Waals surface area contributed by atoms with Crippen LogP contribution in [0.5, 0.6) is 0 Å². The highest BCUT2D eigenvalue weighted by molar-refractivity contribution is 4.94. The maximum Gasteiger partial charge on any atom is 0.0940 e. The quantitative estimate of drug-likeness (QED) is 0.405. The summed E-state index contributed by atoms with van der Waals surface area (Å²) in [5, 5.41) is 5.81. The van der Waals surface area contributed by atoms with E-state index in [-0.39, 0.29) is 0 Å². The van der Waals surface area contributed by atoms with Gasteiger partial charge in [-0.3, -0.25) is 0 Å². The molecule has 1 aliphatic heterocycles. The summed E-state index contributed by atoms with van der Waals surface area (Å²) in [5.74, 6) is 0.935. The van der Waals surface area contributed by atoms with Gasteiger partial charge in [0.25, 0.3) is 0 Å². The number of nitrogens with one attached hydrogen (secondary N) is 2. The first-order valence-electron chi connectivity index (χ1n) is 1.56. The SMILES string of the molecule is C=C1NCN1. The van der Waals surface area contributed by atoms with Gasteiger partial charge in [-0.05, 0) is 0 Å². The van der Waals surface area contributed by atoms with Crippen LogP contribution >= 0.6 is 0 Å². The van der Waals surface area contributed by atoms with Crippen LogP contribution in [0, 0.1) is 0 Å². The third-order valence-corrected chi connectivity index (χ3v) is 0.604. The van der Waals surface area contributed by atoms with Crippen molar-refractivity contribution in [2.24, 2.45) is 0 Å². The van der Waals surface area contributed by atoms with Crippen LogP contribution in [0.3, 0.4) is 0 Å². The van der Waals surface area contributed by atoms with Crippen LogP contribution in [0.2, 0.25) is 0 Å². The smallest absolute Gasteiger partial charge is 0.0940 e. The molecule has 0 atom stereocenters. The first-order chi connectivity index (χ1) is 2.39. The van der Waals surface area contributed by atoms with Crippen molar-refractivity contribution in [1.82, 2.24) is 10.6 Å². The number of hydrogen-bond donors (Lipinski definition) is 2. The maximum absolute atomic E-state index is 3.54. The molecular formula is C3H6N2. The Bertz CT molecular complexity index is 51.9. The highest BCUT2D eigenvalue weighted by Gasteiger charge is 1.96.